The van der Waals surface area contributed by atoms with E-state index in [0.717, 1.165) is 50.8 Å². The highest BCUT2D eigenvalue weighted by molar-refractivity contribution is 5.50. The lowest BCUT2D eigenvalue weighted by molar-refractivity contribution is 0.122. The van der Waals surface area contributed by atoms with Gasteiger partial charge in [0.25, 0.3) is 0 Å². The van der Waals surface area contributed by atoms with Crippen molar-refractivity contribution in [1.29, 1.82) is 0 Å². The summed E-state index contributed by atoms with van der Waals surface area (Å²) >= 11 is 0. The highest BCUT2D eigenvalue weighted by Crippen LogP contribution is 2.24. The topological polar surface area (TPSA) is 55.5 Å². The molecule has 21 heavy (non-hydrogen) atoms. The van der Waals surface area contributed by atoms with E-state index in [9.17, 15) is 0 Å². The van der Waals surface area contributed by atoms with Crippen LogP contribution in [0.3, 0.4) is 0 Å². The Bertz CT molecular complexity index is 571. The number of aryl methyl sites for hydroxylation is 2. The van der Waals surface area contributed by atoms with Crippen molar-refractivity contribution in [2.75, 3.05) is 31.2 Å². The van der Waals surface area contributed by atoms with Gasteiger partial charge in [0.2, 0.25) is 0 Å². The summed E-state index contributed by atoms with van der Waals surface area (Å²) in [6.07, 6.45) is 1.70. The summed E-state index contributed by atoms with van der Waals surface area (Å²) in [5.74, 6) is 2.15. The van der Waals surface area contributed by atoms with Gasteiger partial charge in [-0.1, -0.05) is 0 Å². The molecule has 0 atom stereocenters. The minimum Gasteiger partial charge on any atom is -0.468 e. The minimum atomic E-state index is 0.726. The van der Waals surface area contributed by atoms with Crippen molar-refractivity contribution < 1.29 is 9.15 Å². The summed E-state index contributed by atoms with van der Waals surface area (Å²) < 4.78 is 12.8. The number of nitrogens with one attached hydrogen (secondary N) is 1. The molecular weight excluding hydrogens is 268 g/mol. The molecule has 1 N–H and O–H groups in total. The van der Waals surface area contributed by atoms with Gasteiger partial charge < -0.3 is 19.4 Å². The first-order valence-electron chi connectivity index (χ1n) is 7.34. The van der Waals surface area contributed by atoms with Crippen LogP contribution in [-0.2, 0) is 24.9 Å². The first-order chi connectivity index (χ1) is 10.3. The maximum Gasteiger partial charge on any atom is 0.131 e. The van der Waals surface area contributed by atoms with E-state index < -0.39 is 0 Å². The van der Waals surface area contributed by atoms with E-state index in [0.29, 0.717) is 0 Å². The van der Waals surface area contributed by atoms with Gasteiger partial charge in [-0.2, -0.15) is 5.10 Å². The van der Waals surface area contributed by atoms with E-state index in [1.165, 1.54) is 11.4 Å². The van der Waals surface area contributed by atoms with E-state index in [1.807, 2.05) is 23.9 Å². The Morgan fingerprint density at radius 3 is 2.81 bits per heavy atom. The number of hydrogen-bond donors (Lipinski definition) is 1. The largest absolute Gasteiger partial charge is 0.468 e. The highest BCUT2D eigenvalue weighted by atomic mass is 16.5. The molecule has 6 nitrogen and oxygen atoms in total. The van der Waals surface area contributed by atoms with Crippen LogP contribution < -0.4 is 10.2 Å². The van der Waals surface area contributed by atoms with Crippen molar-refractivity contribution in [2.24, 2.45) is 7.05 Å². The summed E-state index contributed by atoms with van der Waals surface area (Å²) in [5.41, 5.74) is 2.33. The number of furan rings is 1. The number of morpholine rings is 1. The molecule has 6 heteroatoms. The summed E-state index contributed by atoms with van der Waals surface area (Å²) in [4.78, 5) is 2.35. The number of aromatic nitrogens is 2. The van der Waals surface area contributed by atoms with Crippen molar-refractivity contribution in [2.45, 2.75) is 20.0 Å². The van der Waals surface area contributed by atoms with E-state index in [4.69, 9.17) is 9.15 Å². The Hall–Kier alpha value is -1.79. The summed E-state index contributed by atoms with van der Waals surface area (Å²) in [7, 11) is 2.01. The van der Waals surface area contributed by atoms with Crippen LogP contribution >= 0.6 is 0 Å². The van der Waals surface area contributed by atoms with E-state index in [-0.39, 0.29) is 0 Å². The predicted molar refractivity (Wildman–Crippen MR) is 80.2 cm³/mol. The van der Waals surface area contributed by atoms with Gasteiger partial charge in [0.15, 0.2) is 0 Å². The average Bonchev–Trinajstić information content (AvgIpc) is 3.09. The molecule has 0 aromatic carbocycles. The second kappa shape index (κ2) is 6.32. The van der Waals surface area contributed by atoms with Crippen molar-refractivity contribution in [3.63, 3.8) is 0 Å². The third kappa shape index (κ3) is 3.11. The molecule has 1 fully saturated rings. The fourth-order valence-electron chi connectivity index (χ4n) is 2.79. The van der Waals surface area contributed by atoms with Gasteiger partial charge in [-0.05, 0) is 19.1 Å². The van der Waals surface area contributed by atoms with E-state index in [1.54, 1.807) is 6.26 Å². The molecule has 3 rings (SSSR count). The molecule has 1 aliphatic rings. The normalized spacial score (nSPS) is 15.6. The lowest BCUT2D eigenvalue weighted by atomic mass is 10.2. The van der Waals surface area contributed by atoms with Crippen LogP contribution in [0.2, 0.25) is 0 Å². The van der Waals surface area contributed by atoms with Crippen molar-refractivity contribution in [1.82, 2.24) is 15.1 Å². The third-order valence-electron chi connectivity index (χ3n) is 3.80. The number of anilines is 1. The molecule has 2 aromatic heterocycles. The third-order valence-corrected chi connectivity index (χ3v) is 3.80. The monoisotopic (exact) mass is 290 g/mol. The fraction of sp³-hybridized carbons (Fsp3) is 0.533. The Balaban J connectivity index is 1.71. The minimum absolute atomic E-state index is 0.726. The lowest BCUT2D eigenvalue weighted by Crippen LogP contribution is -2.38. The van der Waals surface area contributed by atoms with E-state index >= 15 is 0 Å². The Labute approximate surface area is 124 Å². The summed E-state index contributed by atoms with van der Waals surface area (Å²) in [6.45, 7) is 6.98. The Morgan fingerprint density at radius 2 is 2.10 bits per heavy atom. The number of ether oxygens (including phenoxy) is 1. The maximum absolute atomic E-state index is 5.44. The molecule has 0 aliphatic carbocycles. The van der Waals surface area contributed by atoms with Crippen LogP contribution in [0.1, 0.15) is 17.0 Å². The zero-order chi connectivity index (χ0) is 14.7. The number of hydrogen-bond acceptors (Lipinski definition) is 5. The maximum atomic E-state index is 5.44. The molecule has 0 saturated carbocycles. The molecule has 0 amide bonds. The zero-order valence-electron chi connectivity index (χ0n) is 12.6. The van der Waals surface area contributed by atoms with Crippen LogP contribution in [0.15, 0.2) is 22.8 Å². The molecule has 0 spiro atoms. The summed E-state index contributed by atoms with van der Waals surface area (Å²) in [5, 5.41) is 8.01. The van der Waals surface area contributed by atoms with Crippen LogP contribution in [-0.4, -0.2) is 36.1 Å². The Morgan fingerprint density at radius 1 is 1.29 bits per heavy atom. The fourth-order valence-corrected chi connectivity index (χ4v) is 2.79. The summed E-state index contributed by atoms with van der Waals surface area (Å²) in [6, 6.07) is 3.89. The lowest BCUT2D eigenvalue weighted by Gasteiger charge is -2.29. The molecule has 2 aromatic rings. The molecule has 1 aliphatic heterocycles. The van der Waals surface area contributed by atoms with Gasteiger partial charge in [-0.15, -0.1) is 0 Å². The second-order valence-corrected chi connectivity index (χ2v) is 5.29. The molecule has 0 radical (unpaired) electrons. The van der Waals surface area contributed by atoms with Gasteiger partial charge in [-0.25, -0.2) is 0 Å². The van der Waals surface area contributed by atoms with Crippen LogP contribution in [0.25, 0.3) is 0 Å². The highest BCUT2D eigenvalue weighted by Gasteiger charge is 2.21. The van der Waals surface area contributed by atoms with Gasteiger partial charge in [0.1, 0.15) is 11.6 Å². The van der Waals surface area contributed by atoms with Crippen molar-refractivity contribution in [3.05, 3.63) is 35.4 Å². The standard InChI is InChI=1S/C15H22N4O2/c1-12-14(11-16-10-13-4-3-7-21-13)15(18(2)17-12)19-5-8-20-9-6-19/h3-4,7,16H,5-6,8-11H2,1-2H3. The smallest absolute Gasteiger partial charge is 0.131 e. The van der Waals surface area contributed by atoms with Crippen molar-refractivity contribution in [3.8, 4) is 0 Å². The van der Waals surface area contributed by atoms with Gasteiger partial charge in [0, 0.05) is 32.2 Å². The predicted octanol–water partition coefficient (Wildman–Crippen LogP) is 1.45. The quantitative estimate of drug-likeness (QED) is 0.903. The van der Waals surface area contributed by atoms with Gasteiger partial charge >= 0.3 is 0 Å². The number of nitrogens with zero attached hydrogens (tertiary/aromatic N) is 3. The zero-order valence-corrected chi connectivity index (χ0v) is 12.6. The van der Waals surface area contributed by atoms with Crippen molar-refractivity contribution >= 4 is 5.82 Å². The second-order valence-electron chi connectivity index (χ2n) is 5.29. The molecule has 0 unspecified atom stereocenters. The molecule has 114 valence electrons. The SMILES string of the molecule is Cc1nn(C)c(N2CCOCC2)c1CNCc1ccco1. The van der Waals surface area contributed by atoms with Gasteiger partial charge in [0.05, 0.1) is 31.7 Å². The number of rotatable bonds is 5. The molecule has 0 bridgehead atoms. The molecule has 3 heterocycles. The van der Waals surface area contributed by atoms with Crippen LogP contribution in [0.4, 0.5) is 5.82 Å². The van der Waals surface area contributed by atoms with Crippen LogP contribution in [0, 0.1) is 6.92 Å². The van der Waals surface area contributed by atoms with Crippen LogP contribution in [0.5, 0.6) is 0 Å². The first-order valence-corrected chi connectivity index (χ1v) is 7.34. The molecule has 1 saturated heterocycles. The first kappa shape index (κ1) is 14.2. The Kier molecular flexibility index (Phi) is 4.26. The van der Waals surface area contributed by atoms with E-state index in [2.05, 4.69) is 22.2 Å². The average molecular weight is 290 g/mol. The van der Waals surface area contributed by atoms with Gasteiger partial charge in [-0.3, -0.25) is 4.68 Å². The molecular formula is C15H22N4O2.